The maximum Gasteiger partial charge on any atom is 0.132 e. The van der Waals surface area contributed by atoms with Crippen LogP contribution in [0.2, 0.25) is 0 Å². The lowest BCUT2D eigenvalue weighted by Crippen LogP contribution is -2.45. The van der Waals surface area contributed by atoms with Gasteiger partial charge in [-0.1, -0.05) is 13.8 Å². The summed E-state index contributed by atoms with van der Waals surface area (Å²) in [7, 11) is 0. The van der Waals surface area contributed by atoms with Gasteiger partial charge in [0.15, 0.2) is 0 Å². The summed E-state index contributed by atoms with van der Waals surface area (Å²) in [6.07, 6.45) is 0.0209. The van der Waals surface area contributed by atoms with Crippen LogP contribution in [0, 0.1) is 11.8 Å². The lowest BCUT2D eigenvalue weighted by molar-refractivity contribution is 0.125. The van der Waals surface area contributed by atoms with Gasteiger partial charge >= 0.3 is 0 Å². The number of nitrogens with one attached hydrogen (secondary N) is 1. The molecule has 1 heterocycles. The predicted octanol–water partition coefficient (Wildman–Crippen LogP) is 2.15. The Balaban J connectivity index is 2.51. The van der Waals surface area contributed by atoms with Crippen LogP contribution in [-0.4, -0.2) is 18.2 Å². The summed E-state index contributed by atoms with van der Waals surface area (Å²) >= 11 is 5.72. The zero-order chi connectivity index (χ0) is 8.43. The Morgan fingerprint density at radius 3 is 2.64 bits per heavy atom. The molecule has 0 aliphatic carbocycles. The van der Waals surface area contributed by atoms with Crippen molar-refractivity contribution in [3.63, 3.8) is 0 Å². The molecule has 1 N–H and O–H groups in total. The second-order valence-electron chi connectivity index (χ2n) is 3.50. The van der Waals surface area contributed by atoms with Crippen molar-refractivity contribution in [2.45, 2.75) is 31.9 Å². The summed E-state index contributed by atoms with van der Waals surface area (Å²) in [6.45, 7) is 4.94. The summed E-state index contributed by atoms with van der Waals surface area (Å²) in [5, 5.41) is 2.91. The SMILES string of the molecule is CC(C)C1CCNC(Cl)C1F. The van der Waals surface area contributed by atoms with E-state index in [2.05, 4.69) is 5.32 Å². The minimum Gasteiger partial charge on any atom is -0.299 e. The fraction of sp³-hybridized carbons (Fsp3) is 1.00. The number of hydrogen-bond donors (Lipinski definition) is 1. The normalized spacial score (nSPS) is 39.5. The van der Waals surface area contributed by atoms with Gasteiger partial charge in [0.25, 0.3) is 0 Å². The molecule has 0 amide bonds. The molecule has 1 saturated heterocycles. The average Bonchev–Trinajstić information content (AvgIpc) is 1.94. The molecule has 0 aromatic carbocycles. The van der Waals surface area contributed by atoms with Crippen LogP contribution in [0.1, 0.15) is 20.3 Å². The Morgan fingerprint density at radius 1 is 1.55 bits per heavy atom. The summed E-state index contributed by atoms with van der Waals surface area (Å²) in [5.41, 5.74) is -0.476. The van der Waals surface area contributed by atoms with E-state index in [1.54, 1.807) is 0 Å². The Morgan fingerprint density at radius 2 is 2.18 bits per heavy atom. The summed E-state index contributed by atoms with van der Waals surface area (Å²) in [5.74, 6) is 0.534. The van der Waals surface area contributed by atoms with Gasteiger partial charge in [0, 0.05) is 0 Å². The van der Waals surface area contributed by atoms with Crippen molar-refractivity contribution in [1.29, 1.82) is 0 Å². The number of rotatable bonds is 1. The van der Waals surface area contributed by atoms with Crippen LogP contribution in [0.4, 0.5) is 4.39 Å². The van der Waals surface area contributed by atoms with Crippen LogP contribution in [-0.2, 0) is 0 Å². The van der Waals surface area contributed by atoms with Crippen LogP contribution >= 0.6 is 11.6 Å². The van der Waals surface area contributed by atoms with E-state index in [9.17, 15) is 4.39 Å². The molecule has 1 nitrogen and oxygen atoms in total. The first-order chi connectivity index (χ1) is 5.13. The molecule has 0 radical (unpaired) electrons. The van der Waals surface area contributed by atoms with Gasteiger partial charge in [-0.2, -0.15) is 0 Å². The van der Waals surface area contributed by atoms with Crippen LogP contribution in [0.15, 0.2) is 0 Å². The molecule has 1 aliphatic rings. The zero-order valence-corrected chi connectivity index (χ0v) is 7.74. The third kappa shape index (κ3) is 2.06. The van der Waals surface area contributed by atoms with E-state index in [4.69, 9.17) is 11.6 Å². The van der Waals surface area contributed by atoms with Gasteiger partial charge in [-0.15, -0.1) is 11.6 Å². The maximum atomic E-state index is 13.3. The minimum absolute atomic E-state index is 0.138. The topological polar surface area (TPSA) is 12.0 Å². The van der Waals surface area contributed by atoms with Crippen LogP contribution in [0.3, 0.4) is 0 Å². The summed E-state index contributed by atoms with van der Waals surface area (Å²) in [4.78, 5) is 0. The predicted molar refractivity (Wildman–Crippen MR) is 45.5 cm³/mol. The maximum absolute atomic E-state index is 13.3. The average molecular weight is 180 g/mol. The molecule has 0 bridgehead atoms. The number of piperidine rings is 1. The molecular weight excluding hydrogens is 165 g/mol. The van der Waals surface area contributed by atoms with Gasteiger partial charge in [0.1, 0.15) is 11.7 Å². The smallest absolute Gasteiger partial charge is 0.132 e. The molecule has 1 aliphatic heterocycles. The lowest BCUT2D eigenvalue weighted by Gasteiger charge is -2.33. The van der Waals surface area contributed by atoms with E-state index in [1.807, 2.05) is 13.8 Å². The second kappa shape index (κ2) is 3.72. The minimum atomic E-state index is -0.884. The molecule has 0 aromatic heterocycles. The molecule has 0 spiro atoms. The highest BCUT2D eigenvalue weighted by Gasteiger charge is 2.33. The van der Waals surface area contributed by atoms with E-state index < -0.39 is 11.7 Å². The second-order valence-corrected chi connectivity index (χ2v) is 3.97. The number of hydrogen-bond acceptors (Lipinski definition) is 1. The molecule has 0 saturated carbocycles. The standard InChI is InChI=1S/C8H15ClFN/c1-5(2)6-3-4-11-8(9)7(6)10/h5-8,11H,3-4H2,1-2H3. The van der Waals surface area contributed by atoms with Crippen molar-refractivity contribution in [3.8, 4) is 0 Å². The van der Waals surface area contributed by atoms with Crippen molar-refractivity contribution in [3.05, 3.63) is 0 Å². The largest absolute Gasteiger partial charge is 0.299 e. The summed E-state index contributed by atoms with van der Waals surface area (Å²) < 4.78 is 13.3. The molecule has 3 unspecified atom stereocenters. The van der Waals surface area contributed by atoms with Gasteiger partial charge < -0.3 is 0 Å². The van der Waals surface area contributed by atoms with Crippen LogP contribution < -0.4 is 5.32 Å². The van der Waals surface area contributed by atoms with E-state index in [0.717, 1.165) is 13.0 Å². The Hall–Kier alpha value is 0.180. The first-order valence-electron chi connectivity index (χ1n) is 4.14. The molecule has 66 valence electrons. The first-order valence-corrected chi connectivity index (χ1v) is 4.58. The Bertz CT molecular complexity index is 129. The van der Waals surface area contributed by atoms with Crippen molar-refractivity contribution < 1.29 is 4.39 Å². The van der Waals surface area contributed by atoms with Crippen molar-refractivity contribution >= 4 is 11.6 Å². The lowest BCUT2D eigenvalue weighted by atomic mass is 9.86. The van der Waals surface area contributed by atoms with E-state index in [-0.39, 0.29) is 5.92 Å². The molecule has 11 heavy (non-hydrogen) atoms. The Kier molecular flexibility index (Phi) is 3.14. The summed E-state index contributed by atoms with van der Waals surface area (Å²) in [6, 6.07) is 0. The molecule has 1 fully saturated rings. The van der Waals surface area contributed by atoms with Crippen molar-refractivity contribution in [2.75, 3.05) is 6.54 Å². The van der Waals surface area contributed by atoms with Crippen LogP contribution in [0.5, 0.6) is 0 Å². The van der Waals surface area contributed by atoms with E-state index in [1.165, 1.54) is 0 Å². The quantitative estimate of drug-likeness (QED) is 0.481. The highest BCUT2D eigenvalue weighted by Crippen LogP contribution is 2.28. The van der Waals surface area contributed by atoms with Crippen molar-refractivity contribution in [1.82, 2.24) is 5.32 Å². The molecule has 0 aromatic rings. The van der Waals surface area contributed by atoms with Gasteiger partial charge in [-0.25, -0.2) is 4.39 Å². The molecule has 1 rings (SSSR count). The van der Waals surface area contributed by atoms with Gasteiger partial charge in [-0.05, 0) is 24.8 Å². The fourth-order valence-corrected chi connectivity index (χ4v) is 1.87. The third-order valence-electron chi connectivity index (χ3n) is 2.36. The van der Waals surface area contributed by atoms with E-state index in [0.29, 0.717) is 5.92 Å². The molecule has 3 heteroatoms. The van der Waals surface area contributed by atoms with Gasteiger partial charge in [0.2, 0.25) is 0 Å². The molecule has 3 atom stereocenters. The zero-order valence-electron chi connectivity index (χ0n) is 6.98. The number of alkyl halides is 2. The monoisotopic (exact) mass is 179 g/mol. The van der Waals surface area contributed by atoms with Crippen LogP contribution in [0.25, 0.3) is 0 Å². The third-order valence-corrected chi connectivity index (χ3v) is 2.76. The highest BCUT2D eigenvalue weighted by atomic mass is 35.5. The number of halogens is 2. The highest BCUT2D eigenvalue weighted by molar-refractivity contribution is 6.20. The van der Waals surface area contributed by atoms with Gasteiger partial charge in [0.05, 0.1) is 0 Å². The fourth-order valence-electron chi connectivity index (χ4n) is 1.58. The Labute approximate surface area is 72.3 Å². The van der Waals surface area contributed by atoms with Crippen molar-refractivity contribution in [2.24, 2.45) is 11.8 Å². The first kappa shape index (κ1) is 9.27. The molecular formula is C8H15ClFN. The van der Waals surface area contributed by atoms with E-state index >= 15 is 0 Å². The van der Waals surface area contributed by atoms with Gasteiger partial charge in [-0.3, -0.25) is 5.32 Å².